The van der Waals surface area contributed by atoms with Crippen LogP contribution >= 0.6 is 0 Å². The van der Waals surface area contributed by atoms with Crippen LogP contribution in [0.15, 0.2) is 18.2 Å². The molecule has 0 radical (unpaired) electrons. The van der Waals surface area contributed by atoms with Crippen molar-refractivity contribution >= 4 is 0 Å². The summed E-state index contributed by atoms with van der Waals surface area (Å²) in [6.45, 7) is 3.96. The van der Waals surface area contributed by atoms with Gasteiger partial charge in [-0.15, -0.1) is 0 Å². The van der Waals surface area contributed by atoms with Crippen LogP contribution in [0.25, 0.3) is 0 Å². The van der Waals surface area contributed by atoms with Crippen LogP contribution in [0.2, 0.25) is 0 Å². The molecule has 0 heterocycles. The van der Waals surface area contributed by atoms with Crippen LogP contribution in [0.1, 0.15) is 17.5 Å². The lowest BCUT2D eigenvalue weighted by Crippen LogP contribution is -2.37. The zero-order valence-corrected chi connectivity index (χ0v) is 12.6. The van der Waals surface area contributed by atoms with Crippen molar-refractivity contribution in [1.29, 1.82) is 0 Å². The van der Waals surface area contributed by atoms with Gasteiger partial charge in [0.05, 0.1) is 20.3 Å². The second kappa shape index (κ2) is 9.72. The molecule has 1 aromatic carbocycles. The van der Waals surface area contributed by atoms with Gasteiger partial charge in [-0.3, -0.25) is 11.3 Å². The summed E-state index contributed by atoms with van der Waals surface area (Å²) < 4.78 is 15.8. The van der Waals surface area contributed by atoms with E-state index >= 15 is 0 Å². The van der Waals surface area contributed by atoms with E-state index in [1.54, 1.807) is 14.2 Å². The molecule has 0 bridgehead atoms. The predicted molar refractivity (Wildman–Crippen MR) is 79.9 cm³/mol. The summed E-state index contributed by atoms with van der Waals surface area (Å²) in [6, 6.07) is 6.33. The molecule has 0 aliphatic carbocycles. The van der Waals surface area contributed by atoms with Crippen LogP contribution in [-0.4, -0.2) is 40.1 Å². The first-order valence-corrected chi connectivity index (χ1v) is 6.87. The van der Waals surface area contributed by atoms with E-state index in [0.717, 1.165) is 24.2 Å². The van der Waals surface area contributed by atoms with Crippen molar-refractivity contribution < 1.29 is 14.2 Å². The van der Waals surface area contributed by atoms with Gasteiger partial charge in [0.25, 0.3) is 0 Å². The molecule has 5 nitrogen and oxygen atoms in total. The Bertz CT molecular complexity index is 385. The third kappa shape index (κ3) is 5.88. The average Bonchev–Trinajstić information content (AvgIpc) is 2.46. The zero-order chi connectivity index (χ0) is 14.8. The second-order valence-electron chi connectivity index (χ2n) is 4.78. The van der Waals surface area contributed by atoms with E-state index in [1.165, 1.54) is 5.56 Å². The lowest BCUT2D eigenvalue weighted by molar-refractivity contribution is 0.0658. The summed E-state index contributed by atoms with van der Waals surface area (Å²) in [7, 11) is 3.35. The van der Waals surface area contributed by atoms with Gasteiger partial charge < -0.3 is 14.2 Å². The van der Waals surface area contributed by atoms with Crippen molar-refractivity contribution in [2.75, 3.05) is 34.0 Å². The van der Waals surface area contributed by atoms with Gasteiger partial charge in [0.2, 0.25) is 0 Å². The number of hydrogen-bond acceptors (Lipinski definition) is 5. The van der Waals surface area contributed by atoms with Crippen molar-refractivity contribution in [2.24, 2.45) is 5.84 Å². The lowest BCUT2D eigenvalue weighted by atomic mass is 10.0. The number of benzene rings is 1. The Morgan fingerprint density at radius 1 is 1.20 bits per heavy atom. The highest BCUT2D eigenvalue weighted by atomic mass is 16.5. The molecule has 0 fully saturated rings. The Kier molecular flexibility index (Phi) is 8.22. The minimum Gasteiger partial charge on any atom is -0.496 e. The molecule has 1 aromatic rings. The van der Waals surface area contributed by atoms with Gasteiger partial charge in [0.15, 0.2) is 0 Å². The van der Waals surface area contributed by atoms with Gasteiger partial charge >= 0.3 is 0 Å². The molecule has 0 amide bonds. The maximum Gasteiger partial charge on any atom is 0.122 e. The molecule has 5 heteroatoms. The molecule has 1 rings (SSSR count). The van der Waals surface area contributed by atoms with E-state index in [0.29, 0.717) is 19.8 Å². The van der Waals surface area contributed by atoms with Crippen LogP contribution in [0, 0.1) is 6.92 Å². The van der Waals surface area contributed by atoms with E-state index in [1.807, 2.05) is 12.1 Å². The molecule has 0 spiro atoms. The van der Waals surface area contributed by atoms with E-state index < -0.39 is 0 Å². The predicted octanol–water partition coefficient (Wildman–Crippen LogP) is 1.43. The molecule has 1 atom stereocenters. The van der Waals surface area contributed by atoms with Gasteiger partial charge in [-0.25, -0.2) is 0 Å². The van der Waals surface area contributed by atoms with Gasteiger partial charge in [-0.2, -0.15) is 0 Å². The number of rotatable bonds is 10. The molecule has 20 heavy (non-hydrogen) atoms. The summed E-state index contributed by atoms with van der Waals surface area (Å²) in [6.07, 6.45) is 1.66. The number of hydrogen-bond donors (Lipinski definition) is 2. The Hall–Kier alpha value is -1.14. The van der Waals surface area contributed by atoms with Crippen LogP contribution in [-0.2, 0) is 15.9 Å². The van der Waals surface area contributed by atoms with Crippen molar-refractivity contribution in [2.45, 2.75) is 25.8 Å². The molecule has 114 valence electrons. The number of nitrogens with two attached hydrogens (primary N) is 1. The van der Waals surface area contributed by atoms with E-state index in [2.05, 4.69) is 18.4 Å². The van der Waals surface area contributed by atoms with E-state index in [9.17, 15) is 0 Å². The topological polar surface area (TPSA) is 65.7 Å². The molecule has 0 aromatic heterocycles. The fourth-order valence-electron chi connectivity index (χ4n) is 2.05. The second-order valence-corrected chi connectivity index (χ2v) is 4.78. The number of hydrazine groups is 1. The van der Waals surface area contributed by atoms with Gasteiger partial charge in [0, 0.05) is 19.8 Å². The lowest BCUT2D eigenvalue weighted by Gasteiger charge is -2.18. The molecular weight excluding hydrogens is 256 g/mol. The third-order valence-corrected chi connectivity index (χ3v) is 3.18. The van der Waals surface area contributed by atoms with Crippen molar-refractivity contribution in [3.8, 4) is 5.75 Å². The van der Waals surface area contributed by atoms with Crippen molar-refractivity contribution in [3.05, 3.63) is 29.3 Å². The highest BCUT2D eigenvalue weighted by Crippen LogP contribution is 2.21. The fourth-order valence-corrected chi connectivity index (χ4v) is 2.05. The number of methoxy groups -OCH3 is 2. The van der Waals surface area contributed by atoms with Gasteiger partial charge in [-0.1, -0.05) is 17.7 Å². The smallest absolute Gasteiger partial charge is 0.122 e. The molecule has 0 aliphatic rings. The highest BCUT2D eigenvalue weighted by molar-refractivity contribution is 5.37. The average molecular weight is 282 g/mol. The first-order valence-electron chi connectivity index (χ1n) is 6.87. The van der Waals surface area contributed by atoms with Crippen molar-refractivity contribution in [1.82, 2.24) is 5.43 Å². The van der Waals surface area contributed by atoms with Crippen LogP contribution in [0.3, 0.4) is 0 Å². The van der Waals surface area contributed by atoms with Crippen LogP contribution < -0.4 is 16.0 Å². The first kappa shape index (κ1) is 16.9. The van der Waals surface area contributed by atoms with Crippen LogP contribution in [0.5, 0.6) is 5.75 Å². The van der Waals surface area contributed by atoms with Crippen molar-refractivity contribution in [3.63, 3.8) is 0 Å². The summed E-state index contributed by atoms with van der Waals surface area (Å²) in [5, 5.41) is 0. The highest BCUT2D eigenvalue weighted by Gasteiger charge is 2.11. The van der Waals surface area contributed by atoms with E-state index in [-0.39, 0.29) is 6.04 Å². The quantitative estimate of drug-likeness (QED) is 0.386. The minimum atomic E-state index is 0.160. The molecule has 1 unspecified atom stereocenters. The Labute approximate surface area is 121 Å². The van der Waals surface area contributed by atoms with Gasteiger partial charge in [-0.05, 0) is 31.4 Å². The third-order valence-electron chi connectivity index (χ3n) is 3.18. The number of aryl methyl sites for hydroxylation is 1. The molecular formula is C15H26N2O3. The summed E-state index contributed by atoms with van der Waals surface area (Å²) in [4.78, 5) is 0. The summed E-state index contributed by atoms with van der Waals surface area (Å²) >= 11 is 0. The van der Waals surface area contributed by atoms with Crippen LogP contribution in [0.4, 0.5) is 0 Å². The minimum absolute atomic E-state index is 0.160. The largest absolute Gasteiger partial charge is 0.496 e. The monoisotopic (exact) mass is 282 g/mol. The summed E-state index contributed by atoms with van der Waals surface area (Å²) in [5.41, 5.74) is 5.22. The fraction of sp³-hybridized carbons (Fsp3) is 0.600. The Morgan fingerprint density at radius 2 is 2.00 bits per heavy atom. The maximum absolute atomic E-state index is 5.62. The normalized spacial score (nSPS) is 12.4. The SMILES string of the molecule is COCCOCCC(Cc1cc(C)ccc1OC)NN. The standard InChI is InChI=1S/C15H26N2O3/c1-12-4-5-15(19-3)13(10-12)11-14(17-16)6-7-20-9-8-18-2/h4-5,10,14,17H,6-9,11,16H2,1-3H3. The molecule has 0 saturated heterocycles. The van der Waals surface area contributed by atoms with Gasteiger partial charge in [0.1, 0.15) is 5.75 Å². The first-order chi connectivity index (χ1) is 9.71. The molecule has 0 saturated carbocycles. The molecule has 0 aliphatic heterocycles. The number of ether oxygens (including phenoxy) is 3. The maximum atomic E-state index is 5.62. The van der Waals surface area contributed by atoms with E-state index in [4.69, 9.17) is 20.1 Å². The summed E-state index contributed by atoms with van der Waals surface area (Å²) in [5.74, 6) is 6.52. The Balaban J connectivity index is 2.48. The number of nitrogens with one attached hydrogen (secondary N) is 1. The Morgan fingerprint density at radius 3 is 2.65 bits per heavy atom. The molecule has 3 N–H and O–H groups in total. The zero-order valence-electron chi connectivity index (χ0n) is 12.6.